The van der Waals surface area contributed by atoms with Gasteiger partial charge in [-0.05, 0) is 18.8 Å². The molecule has 0 aromatic heterocycles. The van der Waals surface area contributed by atoms with Crippen LogP contribution in [0.25, 0.3) is 0 Å². The van der Waals surface area contributed by atoms with Crippen LogP contribution >= 0.6 is 0 Å². The van der Waals surface area contributed by atoms with Crippen LogP contribution in [0.5, 0.6) is 0 Å². The normalized spacial score (nSPS) is 16.8. The van der Waals surface area contributed by atoms with Crippen molar-refractivity contribution in [2.45, 2.75) is 52.5 Å². The minimum Gasteiger partial charge on any atom is -0.327 e. The number of nitrogens with two attached hydrogens (primary N) is 1. The van der Waals surface area contributed by atoms with Crippen molar-refractivity contribution >= 4 is 0 Å². The lowest BCUT2D eigenvalue weighted by molar-refractivity contribution is 0.370. The van der Waals surface area contributed by atoms with Gasteiger partial charge in [0.15, 0.2) is 0 Å². The summed E-state index contributed by atoms with van der Waals surface area (Å²) in [6.45, 7) is 6.63. The van der Waals surface area contributed by atoms with Crippen LogP contribution in [0.2, 0.25) is 0 Å². The van der Waals surface area contributed by atoms with Gasteiger partial charge in [-0.1, -0.05) is 33.6 Å². The van der Waals surface area contributed by atoms with Crippen LogP contribution in [0.4, 0.5) is 0 Å². The summed E-state index contributed by atoms with van der Waals surface area (Å²) in [5, 5.41) is 0. The monoisotopic (exact) mass is 143 g/mol. The summed E-state index contributed by atoms with van der Waals surface area (Å²) in [5.74, 6) is 0.759. The molecule has 1 nitrogen and oxygen atoms in total. The number of hydrogen-bond acceptors (Lipinski definition) is 1. The summed E-state index contributed by atoms with van der Waals surface area (Å²) < 4.78 is 0. The van der Waals surface area contributed by atoms with Gasteiger partial charge >= 0.3 is 0 Å². The summed E-state index contributed by atoms with van der Waals surface area (Å²) in [4.78, 5) is 0. The van der Waals surface area contributed by atoms with Crippen molar-refractivity contribution in [1.82, 2.24) is 0 Å². The third kappa shape index (κ3) is 3.21. The molecule has 0 aliphatic carbocycles. The molecular formula is C9H21N. The molecule has 0 bridgehead atoms. The quantitative estimate of drug-likeness (QED) is 0.629. The fraction of sp³-hybridized carbons (Fsp3) is 1.00. The van der Waals surface area contributed by atoms with E-state index in [-0.39, 0.29) is 0 Å². The molecule has 0 heterocycles. The van der Waals surface area contributed by atoms with Gasteiger partial charge in [0.05, 0.1) is 0 Å². The van der Waals surface area contributed by atoms with Crippen molar-refractivity contribution in [3.05, 3.63) is 0 Å². The molecule has 0 aliphatic rings. The van der Waals surface area contributed by atoms with Crippen LogP contribution in [-0.4, -0.2) is 6.04 Å². The van der Waals surface area contributed by atoms with Crippen LogP contribution in [0.3, 0.4) is 0 Å². The van der Waals surface area contributed by atoms with Gasteiger partial charge in [0.2, 0.25) is 0 Å². The Hall–Kier alpha value is -0.0400. The molecule has 1 heteroatoms. The molecule has 0 aromatic carbocycles. The van der Waals surface area contributed by atoms with Gasteiger partial charge in [0.1, 0.15) is 0 Å². The maximum Gasteiger partial charge on any atom is 0.00644 e. The van der Waals surface area contributed by atoms with Gasteiger partial charge in [-0.2, -0.15) is 0 Å². The summed E-state index contributed by atoms with van der Waals surface area (Å²) >= 11 is 0. The second kappa shape index (κ2) is 5.72. The van der Waals surface area contributed by atoms with E-state index in [2.05, 4.69) is 20.8 Å². The zero-order chi connectivity index (χ0) is 7.98. The lowest BCUT2D eigenvalue weighted by Gasteiger charge is -2.20. The average Bonchev–Trinajstić information content (AvgIpc) is 1.99. The summed E-state index contributed by atoms with van der Waals surface area (Å²) in [7, 11) is 0. The van der Waals surface area contributed by atoms with Gasteiger partial charge < -0.3 is 5.73 Å². The first kappa shape index (κ1) is 9.96. The fourth-order valence-electron chi connectivity index (χ4n) is 1.43. The molecule has 0 aliphatic heterocycles. The van der Waals surface area contributed by atoms with Gasteiger partial charge in [-0.3, -0.25) is 0 Å². The van der Waals surface area contributed by atoms with E-state index < -0.39 is 0 Å². The van der Waals surface area contributed by atoms with E-state index in [1.165, 1.54) is 19.3 Å². The van der Waals surface area contributed by atoms with E-state index in [9.17, 15) is 0 Å². The Bertz CT molecular complexity index is 71.1. The lowest BCUT2D eigenvalue weighted by Crippen LogP contribution is -2.28. The highest BCUT2D eigenvalue weighted by Gasteiger charge is 2.11. The molecule has 0 fully saturated rings. The third-order valence-electron chi connectivity index (χ3n) is 2.26. The first-order valence-corrected chi connectivity index (χ1v) is 4.51. The summed E-state index contributed by atoms with van der Waals surface area (Å²) in [5.41, 5.74) is 5.91. The topological polar surface area (TPSA) is 26.0 Å². The van der Waals surface area contributed by atoms with Crippen molar-refractivity contribution in [1.29, 1.82) is 0 Å². The van der Waals surface area contributed by atoms with E-state index in [1.54, 1.807) is 0 Å². The first-order chi connectivity index (χ1) is 4.76. The third-order valence-corrected chi connectivity index (χ3v) is 2.26. The molecule has 10 heavy (non-hydrogen) atoms. The van der Waals surface area contributed by atoms with Crippen LogP contribution in [-0.2, 0) is 0 Å². The van der Waals surface area contributed by atoms with Crippen molar-refractivity contribution in [3.63, 3.8) is 0 Å². The molecule has 2 N–H and O–H groups in total. The molecule has 0 radical (unpaired) electrons. The van der Waals surface area contributed by atoms with Crippen molar-refractivity contribution in [3.8, 4) is 0 Å². The summed E-state index contributed by atoms with van der Waals surface area (Å²) in [6.07, 6.45) is 4.93. The maximum atomic E-state index is 5.91. The van der Waals surface area contributed by atoms with Gasteiger partial charge in [0, 0.05) is 6.04 Å². The minimum absolute atomic E-state index is 0.435. The van der Waals surface area contributed by atoms with E-state index in [1.807, 2.05) is 0 Å². The van der Waals surface area contributed by atoms with Crippen LogP contribution in [0.15, 0.2) is 0 Å². The van der Waals surface area contributed by atoms with Gasteiger partial charge in [-0.15, -0.1) is 0 Å². The van der Waals surface area contributed by atoms with Gasteiger partial charge in [-0.25, -0.2) is 0 Å². The molecule has 0 amide bonds. The highest BCUT2D eigenvalue weighted by Crippen LogP contribution is 2.15. The number of rotatable bonds is 5. The first-order valence-electron chi connectivity index (χ1n) is 4.51. The number of hydrogen-bond donors (Lipinski definition) is 1. The minimum atomic E-state index is 0.435. The molecule has 0 aromatic rings. The van der Waals surface area contributed by atoms with Crippen molar-refractivity contribution in [2.75, 3.05) is 0 Å². The largest absolute Gasteiger partial charge is 0.327 e. The predicted octanol–water partition coefficient (Wildman–Crippen LogP) is 2.55. The Morgan fingerprint density at radius 2 is 1.70 bits per heavy atom. The molecule has 62 valence electrons. The molecule has 0 spiro atoms. The Balaban J connectivity index is 3.56. The molecular weight excluding hydrogens is 122 g/mol. The molecule has 1 unspecified atom stereocenters. The van der Waals surface area contributed by atoms with E-state index in [0.717, 1.165) is 12.3 Å². The highest BCUT2D eigenvalue weighted by molar-refractivity contribution is 4.69. The molecule has 0 saturated heterocycles. The smallest absolute Gasteiger partial charge is 0.00644 e. The molecule has 0 saturated carbocycles. The second-order valence-corrected chi connectivity index (χ2v) is 3.03. The SMILES string of the molecule is CCCC(CC)[C@H](N)CC. The second-order valence-electron chi connectivity index (χ2n) is 3.03. The van der Waals surface area contributed by atoms with Crippen LogP contribution < -0.4 is 5.73 Å². The van der Waals surface area contributed by atoms with E-state index in [4.69, 9.17) is 5.73 Å². The predicted molar refractivity (Wildman–Crippen MR) is 47.0 cm³/mol. The van der Waals surface area contributed by atoms with Crippen molar-refractivity contribution in [2.24, 2.45) is 11.7 Å². The molecule has 0 rings (SSSR count). The van der Waals surface area contributed by atoms with Crippen molar-refractivity contribution < 1.29 is 0 Å². The Morgan fingerprint density at radius 1 is 1.10 bits per heavy atom. The fourth-order valence-corrected chi connectivity index (χ4v) is 1.43. The Kier molecular flexibility index (Phi) is 5.70. The summed E-state index contributed by atoms with van der Waals surface area (Å²) in [6, 6.07) is 0.435. The lowest BCUT2D eigenvalue weighted by atomic mass is 9.91. The van der Waals surface area contributed by atoms with E-state index >= 15 is 0 Å². The van der Waals surface area contributed by atoms with Crippen LogP contribution in [0.1, 0.15) is 46.5 Å². The molecule has 2 atom stereocenters. The standard InChI is InChI=1S/C9H21N/c1-4-7-8(5-2)9(10)6-3/h8-9H,4-7,10H2,1-3H3/t8?,9-/m1/s1. The van der Waals surface area contributed by atoms with E-state index in [0.29, 0.717) is 6.04 Å². The average molecular weight is 143 g/mol. The zero-order valence-corrected chi connectivity index (χ0v) is 7.56. The van der Waals surface area contributed by atoms with Gasteiger partial charge in [0.25, 0.3) is 0 Å². The van der Waals surface area contributed by atoms with Crippen LogP contribution in [0, 0.1) is 5.92 Å². The maximum absolute atomic E-state index is 5.91. The Morgan fingerprint density at radius 3 is 2.00 bits per heavy atom. The Labute approximate surface area is 65.0 Å². The zero-order valence-electron chi connectivity index (χ0n) is 7.56. The highest BCUT2D eigenvalue weighted by atomic mass is 14.6.